The molecule has 1 saturated carbocycles. The third-order valence-electron chi connectivity index (χ3n) is 2.75. The second kappa shape index (κ2) is 4.81. The zero-order valence-corrected chi connectivity index (χ0v) is 10.3. The minimum atomic E-state index is 0.466. The molecule has 1 aliphatic rings. The highest BCUT2D eigenvalue weighted by Gasteiger charge is 2.20. The second-order valence-corrected chi connectivity index (χ2v) is 4.33. The fourth-order valence-corrected chi connectivity index (χ4v) is 1.67. The highest BCUT2D eigenvalue weighted by Crippen LogP contribution is 2.19. The van der Waals surface area contributed by atoms with Crippen molar-refractivity contribution in [2.75, 3.05) is 6.61 Å². The Kier molecular flexibility index (Phi) is 3.02. The molecule has 0 saturated heterocycles. The Hall–Kier alpha value is -1.82. The van der Waals surface area contributed by atoms with Gasteiger partial charge in [-0.15, -0.1) is 0 Å². The van der Waals surface area contributed by atoms with E-state index >= 15 is 0 Å². The molecular formula is C12H16N4O2. The topological polar surface area (TPSA) is 65.1 Å². The highest BCUT2D eigenvalue weighted by molar-refractivity contribution is 5.18. The summed E-state index contributed by atoms with van der Waals surface area (Å²) in [5.74, 6) is 0.716. The van der Waals surface area contributed by atoms with E-state index in [1.807, 2.05) is 6.92 Å². The Morgan fingerprint density at radius 2 is 2.44 bits per heavy atom. The van der Waals surface area contributed by atoms with Gasteiger partial charge in [-0.3, -0.25) is 0 Å². The van der Waals surface area contributed by atoms with Gasteiger partial charge in [-0.1, -0.05) is 0 Å². The second-order valence-electron chi connectivity index (χ2n) is 4.33. The Morgan fingerprint density at radius 3 is 3.22 bits per heavy atom. The molecule has 0 bridgehead atoms. The van der Waals surface area contributed by atoms with Crippen molar-refractivity contribution in [1.82, 2.24) is 20.1 Å². The minimum absolute atomic E-state index is 0.466. The van der Waals surface area contributed by atoms with E-state index in [2.05, 4.69) is 15.4 Å². The number of hydrogen-bond donors (Lipinski definition) is 1. The number of hydrogen-bond acceptors (Lipinski definition) is 5. The van der Waals surface area contributed by atoms with Crippen molar-refractivity contribution in [2.45, 2.75) is 32.4 Å². The van der Waals surface area contributed by atoms with Crippen LogP contribution >= 0.6 is 0 Å². The van der Waals surface area contributed by atoms with E-state index in [9.17, 15) is 0 Å². The van der Waals surface area contributed by atoms with Crippen LogP contribution in [-0.2, 0) is 6.54 Å². The molecule has 1 N–H and O–H groups in total. The molecule has 6 nitrogen and oxygen atoms in total. The van der Waals surface area contributed by atoms with Crippen molar-refractivity contribution >= 4 is 0 Å². The van der Waals surface area contributed by atoms with Gasteiger partial charge in [0, 0.05) is 12.6 Å². The molecule has 0 aliphatic heterocycles. The minimum Gasteiger partial charge on any atom is -0.491 e. The van der Waals surface area contributed by atoms with Crippen LogP contribution in [0.5, 0.6) is 5.75 Å². The van der Waals surface area contributed by atoms with Crippen LogP contribution in [0.4, 0.5) is 0 Å². The maximum Gasteiger partial charge on any atom is 0.323 e. The van der Waals surface area contributed by atoms with Crippen molar-refractivity contribution in [2.24, 2.45) is 0 Å². The first-order valence-corrected chi connectivity index (χ1v) is 6.21. The first kappa shape index (κ1) is 11.3. The van der Waals surface area contributed by atoms with Crippen molar-refractivity contribution in [3.05, 3.63) is 24.4 Å². The summed E-state index contributed by atoms with van der Waals surface area (Å²) in [6.45, 7) is 3.30. The van der Waals surface area contributed by atoms with E-state index < -0.39 is 0 Å². The smallest absolute Gasteiger partial charge is 0.323 e. The van der Waals surface area contributed by atoms with Gasteiger partial charge in [-0.2, -0.15) is 14.8 Å². The van der Waals surface area contributed by atoms with Crippen LogP contribution in [0.1, 0.15) is 25.5 Å². The first-order chi connectivity index (χ1) is 8.85. The average Bonchev–Trinajstić information content (AvgIpc) is 2.90. The SMILES string of the molecule is CCOc1cnn(-c2nc(CNC3CC3)co2)c1. The monoisotopic (exact) mass is 248 g/mol. The quantitative estimate of drug-likeness (QED) is 0.839. The Bertz CT molecular complexity index is 516. The van der Waals surface area contributed by atoms with Gasteiger partial charge >= 0.3 is 6.01 Å². The molecule has 3 rings (SSSR count). The van der Waals surface area contributed by atoms with E-state index in [0.717, 1.165) is 12.2 Å². The van der Waals surface area contributed by atoms with Crippen LogP contribution in [0.15, 0.2) is 23.1 Å². The van der Waals surface area contributed by atoms with E-state index in [1.165, 1.54) is 12.8 Å². The van der Waals surface area contributed by atoms with Crippen molar-refractivity contribution in [1.29, 1.82) is 0 Å². The predicted octanol–water partition coefficient (Wildman–Crippen LogP) is 1.51. The van der Waals surface area contributed by atoms with Crippen molar-refractivity contribution < 1.29 is 9.15 Å². The summed E-state index contributed by atoms with van der Waals surface area (Å²) in [6.07, 6.45) is 7.60. The lowest BCUT2D eigenvalue weighted by Gasteiger charge is -1.96. The number of aromatic nitrogens is 3. The summed E-state index contributed by atoms with van der Waals surface area (Å²) in [4.78, 5) is 4.37. The van der Waals surface area contributed by atoms with Crippen LogP contribution in [-0.4, -0.2) is 27.4 Å². The number of rotatable bonds is 6. The lowest BCUT2D eigenvalue weighted by atomic mass is 10.5. The molecule has 2 aromatic rings. The summed E-state index contributed by atoms with van der Waals surface area (Å²) >= 11 is 0. The molecule has 0 amide bonds. The first-order valence-electron chi connectivity index (χ1n) is 6.21. The van der Waals surface area contributed by atoms with Crippen LogP contribution in [0, 0.1) is 0 Å². The molecule has 18 heavy (non-hydrogen) atoms. The lowest BCUT2D eigenvalue weighted by molar-refractivity contribution is 0.340. The van der Waals surface area contributed by atoms with Gasteiger partial charge in [0.05, 0.1) is 24.7 Å². The molecule has 6 heteroatoms. The molecule has 0 radical (unpaired) electrons. The zero-order valence-electron chi connectivity index (χ0n) is 10.3. The van der Waals surface area contributed by atoms with Gasteiger partial charge in [0.25, 0.3) is 0 Å². The summed E-state index contributed by atoms with van der Waals surface area (Å²) in [5, 5.41) is 7.53. The Morgan fingerprint density at radius 1 is 1.56 bits per heavy atom. The maximum atomic E-state index is 5.39. The fraction of sp³-hybridized carbons (Fsp3) is 0.500. The van der Waals surface area contributed by atoms with Gasteiger partial charge in [-0.25, -0.2) is 0 Å². The zero-order chi connectivity index (χ0) is 12.4. The van der Waals surface area contributed by atoms with Gasteiger partial charge < -0.3 is 14.5 Å². The molecule has 2 aromatic heterocycles. The third kappa shape index (κ3) is 2.53. The van der Waals surface area contributed by atoms with Gasteiger partial charge in [0.1, 0.15) is 6.26 Å². The number of nitrogens with one attached hydrogen (secondary N) is 1. The van der Waals surface area contributed by atoms with Crippen LogP contribution in [0.3, 0.4) is 0 Å². The largest absolute Gasteiger partial charge is 0.491 e. The summed E-state index contributed by atoms with van der Waals surface area (Å²) in [6, 6.07) is 1.13. The molecule has 0 aromatic carbocycles. The van der Waals surface area contributed by atoms with Crippen LogP contribution in [0.25, 0.3) is 6.01 Å². The van der Waals surface area contributed by atoms with Gasteiger partial charge in [0.15, 0.2) is 5.75 Å². The van der Waals surface area contributed by atoms with E-state index in [4.69, 9.17) is 9.15 Å². The molecule has 96 valence electrons. The normalized spacial score (nSPS) is 14.9. The van der Waals surface area contributed by atoms with Gasteiger partial charge in [-0.05, 0) is 19.8 Å². The van der Waals surface area contributed by atoms with Crippen molar-refractivity contribution in [3.63, 3.8) is 0 Å². The molecule has 1 fully saturated rings. The Labute approximate surface area is 105 Å². The summed E-state index contributed by atoms with van der Waals surface area (Å²) in [5.41, 5.74) is 0.894. The number of ether oxygens (including phenoxy) is 1. The standard InChI is InChI=1S/C12H16N4O2/c1-2-17-11-6-14-16(7-11)12-15-10(8-18-12)5-13-9-3-4-9/h6-9,13H,2-5H2,1H3. The molecule has 2 heterocycles. The maximum absolute atomic E-state index is 5.39. The molecule has 0 atom stereocenters. The molecule has 0 spiro atoms. The fourth-order valence-electron chi connectivity index (χ4n) is 1.67. The van der Waals surface area contributed by atoms with Crippen LogP contribution < -0.4 is 10.1 Å². The number of oxazole rings is 1. The molecule has 0 unspecified atom stereocenters. The van der Waals surface area contributed by atoms with E-state index in [-0.39, 0.29) is 0 Å². The molecule has 1 aliphatic carbocycles. The van der Waals surface area contributed by atoms with E-state index in [1.54, 1.807) is 23.3 Å². The van der Waals surface area contributed by atoms with Gasteiger partial charge in [0.2, 0.25) is 0 Å². The molecular weight excluding hydrogens is 232 g/mol. The van der Waals surface area contributed by atoms with E-state index in [0.29, 0.717) is 24.4 Å². The predicted molar refractivity (Wildman–Crippen MR) is 64.7 cm³/mol. The average molecular weight is 248 g/mol. The summed E-state index contributed by atoms with van der Waals surface area (Å²) in [7, 11) is 0. The third-order valence-corrected chi connectivity index (χ3v) is 2.75. The number of nitrogens with zero attached hydrogens (tertiary/aromatic N) is 3. The highest BCUT2D eigenvalue weighted by atomic mass is 16.5. The van der Waals surface area contributed by atoms with Crippen LogP contribution in [0.2, 0.25) is 0 Å². The lowest BCUT2D eigenvalue weighted by Crippen LogP contribution is -2.15. The summed E-state index contributed by atoms with van der Waals surface area (Å²) < 4.78 is 12.3. The Balaban J connectivity index is 1.66. The van der Waals surface area contributed by atoms with Crippen molar-refractivity contribution in [3.8, 4) is 11.8 Å².